The molecule has 1 amide bonds. The lowest BCUT2D eigenvalue weighted by Gasteiger charge is -2.15. The van der Waals surface area contributed by atoms with E-state index in [4.69, 9.17) is 4.42 Å². The van der Waals surface area contributed by atoms with Gasteiger partial charge in [-0.05, 0) is 49.9 Å². The van der Waals surface area contributed by atoms with Gasteiger partial charge < -0.3 is 9.73 Å². The average Bonchev–Trinajstić information content (AvgIpc) is 3.44. The summed E-state index contributed by atoms with van der Waals surface area (Å²) >= 11 is 0. The summed E-state index contributed by atoms with van der Waals surface area (Å²) in [5, 5.41) is 6.98. The van der Waals surface area contributed by atoms with Crippen LogP contribution < -0.4 is 10.9 Å². The van der Waals surface area contributed by atoms with E-state index in [0.717, 1.165) is 25.0 Å². The molecule has 0 bridgehead atoms. The predicted octanol–water partition coefficient (Wildman–Crippen LogP) is 3.62. The molecule has 0 saturated heterocycles. The van der Waals surface area contributed by atoms with E-state index in [2.05, 4.69) is 20.4 Å². The number of amides is 1. The molecular formula is C22H17F2N5O3. The summed E-state index contributed by atoms with van der Waals surface area (Å²) in [6.07, 6.45) is 4.64. The predicted molar refractivity (Wildman–Crippen MR) is 111 cm³/mol. The van der Waals surface area contributed by atoms with Crippen molar-refractivity contribution in [2.75, 3.05) is 5.32 Å². The van der Waals surface area contributed by atoms with E-state index in [1.165, 1.54) is 17.0 Å². The van der Waals surface area contributed by atoms with Crippen LogP contribution in [-0.4, -0.2) is 25.7 Å². The summed E-state index contributed by atoms with van der Waals surface area (Å²) in [7, 11) is 0. The zero-order valence-corrected chi connectivity index (χ0v) is 16.7. The van der Waals surface area contributed by atoms with E-state index >= 15 is 0 Å². The molecule has 0 saturated carbocycles. The van der Waals surface area contributed by atoms with Crippen molar-refractivity contribution in [1.82, 2.24) is 19.7 Å². The first-order valence-corrected chi connectivity index (χ1v) is 10.0. The molecule has 0 fully saturated rings. The number of fused-ring (bicyclic) bond motifs is 1. The van der Waals surface area contributed by atoms with Crippen molar-refractivity contribution < 1.29 is 18.0 Å². The number of H-pyrrole nitrogens is 1. The highest BCUT2D eigenvalue weighted by molar-refractivity contribution is 6.04. The van der Waals surface area contributed by atoms with Crippen LogP contribution in [0.25, 0.3) is 17.4 Å². The van der Waals surface area contributed by atoms with E-state index in [1.807, 2.05) is 0 Å². The topological polar surface area (TPSA) is 106 Å². The summed E-state index contributed by atoms with van der Waals surface area (Å²) in [6, 6.07) is 7.54. The molecule has 3 heterocycles. The van der Waals surface area contributed by atoms with Crippen LogP contribution in [0.3, 0.4) is 0 Å². The second-order valence-corrected chi connectivity index (χ2v) is 7.40. The number of hydrogen-bond acceptors (Lipinski definition) is 5. The molecule has 8 nitrogen and oxygen atoms in total. The van der Waals surface area contributed by atoms with Crippen LogP contribution in [-0.2, 0) is 12.8 Å². The third kappa shape index (κ3) is 3.59. The van der Waals surface area contributed by atoms with Crippen molar-refractivity contribution in [2.24, 2.45) is 0 Å². The first-order valence-electron chi connectivity index (χ1n) is 10.0. The van der Waals surface area contributed by atoms with Gasteiger partial charge >= 0.3 is 0 Å². The number of nitrogens with zero attached hydrogens (tertiary/aromatic N) is 3. The van der Waals surface area contributed by atoms with Crippen molar-refractivity contribution in [2.45, 2.75) is 25.7 Å². The molecule has 0 aliphatic heterocycles. The van der Waals surface area contributed by atoms with Crippen molar-refractivity contribution in [1.29, 1.82) is 0 Å². The highest BCUT2D eigenvalue weighted by Crippen LogP contribution is 2.25. The Labute approximate surface area is 179 Å². The van der Waals surface area contributed by atoms with E-state index in [1.54, 1.807) is 12.1 Å². The molecule has 1 aromatic carbocycles. The third-order valence-corrected chi connectivity index (χ3v) is 5.28. The van der Waals surface area contributed by atoms with Gasteiger partial charge in [-0.1, -0.05) is 0 Å². The number of aromatic amines is 1. The monoisotopic (exact) mass is 437 g/mol. The normalized spacial score (nSPS) is 13.1. The zero-order valence-electron chi connectivity index (χ0n) is 16.7. The average molecular weight is 437 g/mol. The minimum atomic E-state index is -1.000. The minimum absolute atomic E-state index is 0.114. The Morgan fingerprint density at radius 2 is 2.00 bits per heavy atom. The molecule has 0 unspecified atom stereocenters. The molecule has 2 N–H and O–H groups in total. The SMILES string of the molecule is O=C(Nc1cc(-c2ccco2)nn1-c1nc2c(c(=O)[nH]1)CCCC2)c1ccc(F)cc1F. The number of furan rings is 1. The molecular weight excluding hydrogens is 420 g/mol. The Hall–Kier alpha value is -4.08. The number of halogens is 2. The molecule has 1 aliphatic rings. The second kappa shape index (κ2) is 7.88. The van der Waals surface area contributed by atoms with Gasteiger partial charge in [0.15, 0.2) is 5.76 Å². The van der Waals surface area contributed by atoms with Gasteiger partial charge in [0.05, 0.1) is 17.5 Å². The Morgan fingerprint density at radius 3 is 2.78 bits per heavy atom. The Morgan fingerprint density at radius 1 is 1.16 bits per heavy atom. The largest absolute Gasteiger partial charge is 0.463 e. The smallest absolute Gasteiger partial charge is 0.259 e. The van der Waals surface area contributed by atoms with Gasteiger partial charge in [-0.3, -0.25) is 14.6 Å². The first-order chi connectivity index (χ1) is 15.5. The van der Waals surface area contributed by atoms with Gasteiger partial charge in [-0.15, -0.1) is 0 Å². The van der Waals surface area contributed by atoms with E-state index in [-0.39, 0.29) is 22.9 Å². The van der Waals surface area contributed by atoms with Crippen LogP contribution in [0.2, 0.25) is 0 Å². The van der Waals surface area contributed by atoms with Gasteiger partial charge in [-0.2, -0.15) is 9.78 Å². The van der Waals surface area contributed by atoms with Crippen LogP contribution in [0, 0.1) is 11.6 Å². The number of carbonyl (C=O) groups excluding carboxylic acids is 1. The summed E-state index contributed by atoms with van der Waals surface area (Å²) in [5.74, 6) is -1.94. The standard InChI is InChI=1S/C22H17F2N5O3/c23-12-7-8-13(15(24)10-12)20(30)26-19-11-17(18-6-3-9-32-18)28-29(19)22-25-16-5-2-1-4-14(16)21(31)27-22/h3,6-11H,1-2,4-5H2,(H,26,30)(H,25,27,31). The molecule has 0 spiro atoms. The lowest BCUT2D eigenvalue weighted by atomic mass is 9.97. The van der Waals surface area contributed by atoms with Crippen LogP contribution in [0.15, 0.2) is 51.9 Å². The molecule has 0 radical (unpaired) electrons. The quantitative estimate of drug-likeness (QED) is 0.507. The van der Waals surface area contributed by atoms with Gasteiger partial charge in [0.2, 0.25) is 5.95 Å². The number of rotatable bonds is 4. The number of nitrogens with one attached hydrogen (secondary N) is 2. The molecule has 3 aromatic heterocycles. The van der Waals surface area contributed by atoms with E-state index in [9.17, 15) is 18.4 Å². The molecule has 32 heavy (non-hydrogen) atoms. The summed E-state index contributed by atoms with van der Waals surface area (Å²) < 4.78 is 34.0. The Kier molecular flexibility index (Phi) is 4.89. The summed E-state index contributed by atoms with van der Waals surface area (Å²) in [6.45, 7) is 0. The van der Waals surface area contributed by atoms with Crippen molar-refractivity contribution in [3.63, 3.8) is 0 Å². The number of aromatic nitrogens is 4. The first kappa shape index (κ1) is 19.9. The fraction of sp³-hybridized carbons (Fsp3) is 0.182. The van der Waals surface area contributed by atoms with Crippen LogP contribution in [0.5, 0.6) is 0 Å². The summed E-state index contributed by atoms with van der Waals surface area (Å²) in [4.78, 5) is 32.6. The third-order valence-electron chi connectivity index (χ3n) is 5.28. The number of carbonyl (C=O) groups is 1. The van der Waals surface area contributed by atoms with Gasteiger partial charge in [0.1, 0.15) is 23.1 Å². The Bertz CT molecular complexity index is 1370. The Balaban J connectivity index is 1.59. The van der Waals surface area contributed by atoms with Crippen molar-refractivity contribution in [3.8, 4) is 17.4 Å². The van der Waals surface area contributed by atoms with E-state index in [0.29, 0.717) is 41.6 Å². The number of anilines is 1. The molecule has 1 aliphatic carbocycles. The van der Waals surface area contributed by atoms with Crippen LogP contribution >= 0.6 is 0 Å². The maximum Gasteiger partial charge on any atom is 0.259 e. The number of hydrogen-bond donors (Lipinski definition) is 2. The number of benzene rings is 1. The molecule has 5 rings (SSSR count). The maximum absolute atomic E-state index is 14.1. The fourth-order valence-electron chi connectivity index (χ4n) is 3.72. The molecule has 0 atom stereocenters. The maximum atomic E-state index is 14.1. The highest BCUT2D eigenvalue weighted by atomic mass is 19.1. The van der Waals surface area contributed by atoms with Crippen molar-refractivity contribution >= 4 is 11.7 Å². The zero-order chi connectivity index (χ0) is 22.2. The highest BCUT2D eigenvalue weighted by Gasteiger charge is 2.22. The number of aryl methyl sites for hydroxylation is 1. The molecule has 10 heteroatoms. The van der Waals surface area contributed by atoms with Crippen LogP contribution in [0.1, 0.15) is 34.5 Å². The second-order valence-electron chi connectivity index (χ2n) is 7.40. The molecule has 4 aromatic rings. The van der Waals surface area contributed by atoms with Gasteiger partial charge in [-0.25, -0.2) is 13.8 Å². The van der Waals surface area contributed by atoms with Gasteiger partial charge in [0.25, 0.3) is 11.5 Å². The summed E-state index contributed by atoms with van der Waals surface area (Å²) in [5.41, 5.74) is 1.10. The van der Waals surface area contributed by atoms with Gasteiger partial charge in [0, 0.05) is 17.7 Å². The molecule has 162 valence electrons. The fourth-order valence-corrected chi connectivity index (χ4v) is 3.72. The lowest BCUT2D eigenvalue weighted by Crippen LogP contribution is -2.25. The van der Waals surface area contributed by atoms with E-state index < -0.39 is 17.5 Å². The van der Waals surface area contributed by atoms with Crippen molar-refractivity contribution in [3.05, 3.63) is 81.5 Å². The van der Waals surface area contributed by atoms with Crippen LogP contribution in [0.4, 0.5) is 14.6 Å². The lowest BCUT2D eigenvalue weighted by molar-refractivity contribution is 0.102. The minimum Gasteiger partial charge on any atom is -0.463 e.